The number of hydrogen-bond acceptors (Lipinski definition) is 6. The molecule has 1 saturated heterocycles. The van der Waals surface area contributed by atoms with E-state index < -0.39 is 0 Å². The van der Waals surface area contributed by atoms with Crippen molar-refractivity contribution in [2.45, 2.75) is 75.9 Å². The van der Waals surface area contributed by atoms with Crippen molar-refractivity contribution < 1.29 is 14.3 Å². The molecule has 3 N–H and O–H groups in total. The Labute approximate surface area is 163 Å². The molecule has 1 amide bonds. The summed E-state index contributed by atoms with van der Waals surface area (Å²) in [7, 11) is 5.30. The molecule has 1 aliphatic heterocycles. The second-order valence-electron chi connectivity index (χ2n) is 8.71. The Morgan fingerprint density at radius 2 is 1.67 bits per heavy atom. The summed E-state index contributed by atoms with van der Waals surface area (Å²) in [6, 6.07) is 0.386. The smallest absolute Gasteiger partial charge is 0.409 e. The second-order valence-corrected chi connectivity index (χ2v) is 8.71. The van der Waals surface area contributed by atoms with Crippen molar-refractivity contribution in [2.75, 3.05) is 34.3 Å². The van der Waals surface area contributed by atoms with Crippen molar-refractivity contribution in [2.24, 2.45) is 11.8 Å². The summed E-state index contributed by atoms with van der Waals surface area (Å²) in [6.45, 7) is 2.14. The maximum atomic E-state index is 11.8. The van der Waals surface area contributed by atoms with E-state index in [4.69, 9.17) is 9.47 Å². The van der Waals surface area contributed by atoms with E-state index in [9.17, 15) is 4.79 Å². The van der Waals surface area contributed by atoms with Crippen LogP contribution in [-0.4, -0.2) is 69.8 Å². The Hall–Kier alpha value is -0.890. The second kappa shape index (κ2) is 10.0. The Morgan fingerprint density at radius 1 is 0.963 bits per heavy atom. The van der Waals surface area contributed by atoms with Gasteiger partial charge in [-0.25, -0.2) is 4.79 Å². The number of carbonyl (C=O) groups is 1. The fourth-order valence-electron chi connectivity index (χ4n) is 4.82. The molecule has 0 spiro atoms. The van der Waals surface area contributed by atoms with E-state index in [1.165, 1.54) is 30.6 Å². The maximum absolute atomic E-state index is 11.8. The summed E-state index contributed by atoms with van der Waals surface area (Å²) in [5, 5.41) is 11.0. The van der Waals surface area contributed by atoms with E-state index in [0.717, 1.165) is 44.7 Å². The van der Waals surface area contributed by atoms with Gasteiger partial charge in [-0.1, -0.05) is 0 Å². The molecular formula is C20H38N4O3. The molecule has 3 fully saturated rings. The minimum atomic E-state index is -0.236. The van der Waals surface area contributed by atoms with Gasteiger partial charge in [0.15, 0.2) is 0 Å². The first kappa shape index (κ1) is 20.8. The van der Waals surface area contributed by atoms with Crippen molar-refractivity contribution in [1.29, 1.82) is 0 Å². The van der Waals surface area contributed by atoms with Crippen molar-refractivity contribution in [3.8, 4) is 0 Å². The lowest BCUT2D eigenvalue weighted by Gasteiger charge is -2.40. The SMILES string of the molecule is COC1CCC(C2CNC(NC3CCCC(OC(=O)N(C)C)C3)NC2)CC1. The summed E-state index contributed by atoms with van der Waals surface area (Å²) in [5.41, 5.74) is 0. The third kappa shape index (κ3) is 6.04. The third-order valence-corrected chi connectivity index (χ3v) is 6.55. The molecule has 2 saturated carbocycles. The monoisotopic (exact) mass is 382 g/mol. The standard InChI is InChI=1S/C20H38N4O3/c1-24(2)20(25)27-18-6-4-5-16(11-18)23-19-21-12-15(13-22-19)14-7-9-17(26-3)10-8-14/h14-19,21-23H,4-13H2,1-3H3. The highest BCUT2D eigenvalue weighted by molar-refractivity contribution is 5.66. The largest absolute Gasteiger partial charge is 0.446 e. The van der Waals surface area contributed by atoms with Gasteiger partial charge >= 0.3 is 6.09 Å². The lowest BCUT2D eigenvalue weighted by molar-refractivity contribution is 0.0369. The van der Waals surface area contributed by atoms with Crippen LogP contribution >= 0.6 is 0 Å². The van der Waals surface area contributed by atoms with Crippen LogP contribution in [0.5, 0.6) is 0 Å². The number of rotatable bonds is 5. The van der Waals surface area contributed by atoms with Gasteiger partial charge in [0.2, 0.25) is 0 Å². The Balaban J connectivity index is 1.37. The summed E-state index contributed by atoms with van der Waals surface area (Å²) in [6.07, 6.45) is 9.49. The topological polar surface area (TPSA) is 74.9 Å². The molecule has 7 nitrogen and oxygen atoms in total. The predicted molar refractivity (Wildman–Crippen MR) is 105 cm³/mol. The molecule has 2 unspecified atom stereocenters. The van der Waals surface area contributed by atoms with Crippen LogP contribution < -0.4 is 16.0 Å². The van der Waals surface area contributed by atoms with Crippen LogP contribution in [0.2, 0.25) is 0 Å². The molecular weight excluding hydrogens is 344 g/mol. The molecule has 27 heavy (non-hydrogen) atoms. The molecule has 0 aromatic heterocycles. The number of nitrogens with zero attached hydrogens (tertiary/aromatic N) is 1. The predicted octanol–water partition coefficient (Wildman–Crippen LogP) is 1.88. The van der Waals surface area contributed by atoms with E-state index in [1.807, 2.05) is 7.11 Å². The summed E-state index contributed by atoms with van der Waals surface area (Å²) in [4.78, 5) is 13.3. The zero-order valence-electron chi connectivity index (χ0n) is 17.2. The molecule has 0 radical (unpaired) electrons. The van der Waals surface area contributed by atoms with Gasteiger partial charge in [-0.2, -0.15) is 0 Å². The van der Waals surface area contributed by atoms with Gasteiger partial charge in [-0.15, -0.1) is 0 Å². The van der Waals surface area contributed by atoms with Crippen LogP contribution in [0.4, 0.5) is 4.79 Å². The third-order valence-electron chi connectivity index (χ3n) is 6.55. The van der Waals surface area contributed by atoms with Crippen LogP contribution in [0, 0.1) is 11.8 Å². The maximum Gasteiger partial charge on any atom is 0.409 e. The zero-order valence-corrected chi connectivity index (χ0v) is 17.2. The average molecular weight is 383 g/mol. The molecule has 156 valence electrons. The normalized spacial score (nSPS) is 37.6. The van der Waals surface area contributed by atoms with E-state index >= 15 is 0 Å². The number of nitrogens with one attached hydrogen (secondary N) is 3. The number of hydrogen-bond donors (Lipinski definition) is 3. The zero-order chi connectivity index (χ0) is 19.2. The Morgan fingerprint density at radius 3 is 2.30 bits per heavy atom. The molecule has 3 aliphatic rings. The van der Waals surface area contributed by atoms with Crippen LogP contribution in [0.1, 0.15) is 51.4 Å². The number of amides is 1. The molecule has 7 heteroatoms. The van der Waals surface area contributed by atoms with Crippen molar-refractivity contribution >= 4 is 6.09 Å². The van der Waals surface area contributed by atoms with Gasteiger partial charge in [0, 0.05) is 40.3 Å². The van der Waals surface area contributed by atoms with E-state index in [2.05, 4.69) is 16.0 Å². The highest BCUT2D eigenvalue weighted by Gasteiger charge is 2.32. The van der Waals surface area contributed by atoms with Crippen LogP contribution in [-0.2, 0) is 9.47 Å². The first-order valence-corrected chi connectivity index (χ1v) is 10.7. The minimum absolute atomic E-state index is 0.0264. The van der Waals surface area contributed by atoms with Crippen molar-refractivity contribution in [1.82, 2.24) is 20.9 Å². The van der Waals surface area contributed by atoms with E-state index in [1.54, 1.807) is 14.1 Å². The lowest BCUT2D eigenvalue weighted by atomic mass is 9.78. The van der Waals surface area contributed by atoms with E-state index in [-0.39, 0.29) is 18.5 Å². The van der Waals surface area contributed by atoms with Gasteiger partial charge in [-0.3, -0.25) is 16.0 Å². The highest BCUT2D eigenvalue weighted by Crippen LogP contribution is 2.31. The van der Waals surface area contributed by atoms with Crippen LogP contribution in [0.25, 0.3) is 0 Å². The Kier molecular flexibility index (Phi) is 7.75. The fraction of sp³-hybridized carbons (Fsp3) is 0.950. The first-order chi connectivity index (χ1) is 13.0. The molecule has 0 aromatic carbocycles. The lowest BCUT2D eigenvalue weighted by Crippen LogP contribution is -2.63. The molecule has 2 atom stereocenters. The van der Waals surface area contributed by atoms with Crippen LogP contribution in [0.15, 0.2) is 0 Å². The minimum Gasteiger partial charge on any atom is -0.446 e. The highest BCUT2D eigenvalue weighted by atomic mass is 16.6. The number of ether oxygens (including phenoxy) is 2. The number of carbonyl (C=O) groups excluding carboxylic acids is 1. The van der Waals surface area contributed by atoms with Crippen molar-refractivity contribution in [3.63, 3.8) is 0 Å². The fourth-order valence-corrected chi connectivity index (χ4v) is 4.82. The summed E-state index contributed by atoms with van der Waals surface area (Å²) in [5.74, 6) is 1.52. The van der Waals surface area contributed by atoms with Gasteiger partial charge in [-0.05, 0) is 63.2 Å². The molecule has 0 bridgehead atoms. The van der Waals surface area contributed by atoms with Gasteiger partial charge in [0.25, 0.3) is 0 Å². The molecule has 2 aliphatic carbocycles. The van der Waals surface area contributed by atoms with Gasteiger partial charge < -0.3 is 14.4 Å². The summed E-state index contributed by atoms with van der Waals surface area (Å²) < 4.78 is 11.1. The van der Waals surface area contributed by atoms with Crippen LogP contribution in [0.3, 0.4) is 0 Å². The van der Waals surface area contributed by atoms with Gasteiger partial charge in [0.1, 0.15) is 12.4 Å². The quantitative estimate of drug-likeness (QED) is 0.674. The van der Waals surface area contributed by atoms with E-state index in [0.29, 0.717) is 18.1 Å². The number of methoxy groups -OCH3 is 1. The Bertz CT molecular complexity index is 460. The molecule has 0 aromatic rings. The average Bonchev–Trinajstić information content (AvgIpc) is 2.69. The summed E-state index contributed by atoms with van der Waals surface area (Å²) >= 11 is 0. The van der Waals surface area contributed by atoms with Gasteiger partial charge in [0.05, 0.1) is 6.10 Å². The molecule has 1 heterocycles. The molecule has 3 rings (SSSR count). The van der Waals surface area contributed by atoms with Crippen molar-refractivity contribution in [3.05, 3.63) is 0 Å². The first-order valence-electron chi connectivity index (χ1n) is 10.7.